The van der Waals surface area contributed by atoms with Crippen molar-refractivity contribution in [2.24, 2.45) is 5.92 Å². The minimum Gasteiger partial charge on any atom is -0.414 e. The molecule has 4 atom stereocenters. The van der Waals surface area contributed by atoms with Crippen LogP contribution in [0.1, 0.15) is 27.2 Å². The van der Waals surface area contributed by atoms with Gasteiger partial charge in [-0.05, 0) is 25.2 Å². The van der Waals surface area contributed by atoms with Crippen molar-refractivity contribution in [1.82, 2.24) is 5.32 Å². The molecule has 1 saturated heterocycles. The summed E-state index contributed by atoms with van der Waals surface area (Å²) >= 11 is 0. The fraction of sp³-hybridized carbons (Fsp3) is 1.00. The average molecular weight is 320 g/mol. The Hall–Kier alpha value is 0.0169. The first kappa shape index (κ1) is 19.1. The molecule has 0 radical (unpaired) electrons. The summed E-state index contributed by atoms with van der Waals surface area (Å²) in [7, 11) is 0.0293. The van der Waals surface area contributed by atoms with Gasteiger partial charge in [0.25, 0.3) is 0 Å². The Morgan fingerprint density at radius 1 is 1.33 bits per heavy atom. The maximum absolute atomic E-state index is 10.3. The summed E-state index contributed by atoms with van der Waals surface area (Å²) in [4.78, 5) is 0. The van der Waals surface area contributed by atoms with E-state index >= 15 is 0 Å². The second kappa shape index (κ2) is 7.52. The molecule has 1 heterocycles. The summed E-state index contributed by atoms with van der Waals surface area (Å²) < 4.78 is 12.1. The number of aliphatic hydroxyl groups is 2. The van der Waals surface area contributed by atoms with Crippen LogP contribution in [0, 0.1) is 5.92 Å². The van der Waals surface area contributed by atoms with Crippen LogP contribution in [-0.4, -0.2) is 63.6 Å². The number of aliphatic hydroxyl groups excluding tert-OH is 2. The summed E-state index contributed by atoms with van der Waals surface area (Å²) in [6, 6.07) is 0. The van der Waals surface area contributed by atoms with Crippen LogP contribution in [-0.2, 0) is 9.16 Å². The van der Waals surface area contributed by atoms with E-state index in [1.165, 1.54) is 0 Å². The van der Waals surface area contributed by atoms with Crippen LogP contribution in [0.15, 0.2) is 0 Å². The molecular weight excluding hydrogens is 286 g/mol. The third-order valence-electron chi connectivity index (χ3n) is 4.90. The SMILES string of the molecule is CNCC1[C@H](O)C[C@@H](CO[Si](C)(C)C(C)(C)C)O[C@H]1CO. The summed E-state index contributed by atoms with van der Waals surface area (Å²) in [5.41, 5.74) is 0. The lowest BCUT2D eigenvalue weighted by atomic mass is 9.89. The van der Waals surface area contributed by atoms with Crippen LogP contribution in [0.3, 0.4) is 0 Å². The molecule has 0 bridgehead atoms. The highest BCUT2D eigenvalue weighted by atomic mass is 28.4. The van der Waals surface area contributed by atoms with Crippen LogP contribution in [0.2, 0.25) is 18.1 Å². The Balaban J connectivity index is 2.59. The van der Waals surface area contributed by atoms with Crippen molar-refractivity contribution in [2.75, 3.05) is 26.8 Å². The zero-order valence-corrected chi connectivity index (χ0v) is 15.3. The molecule has 0 aromatic heterocycles. The van der Waals surface area contributed by atoms with E-state index < -0.39 is 14.4 Å². The highest BCUT2D eigenvalue weighted by Gasteiger charge is 2.40. The van der Waals surface area contributed by atoms with Gasteiger partial charge in [-0.3, -0.25) is 0 Å². The Morgan fingerprint density at radius 3 is 2.43 bits per heavy atom. The minimum absolute atomic E-state index is 0.0656. The van der Waals surface area contributed by atoms with Crippen molar-refractivity contribution in [1.29, 1.82) is 0 Å². The van der Waals surface area contributed by atoms with Gasteiger partial charge in [0.15, 0.2) is 8.32 Å². The number of hydrogen-bond acceptors (Lipinski definition) is 5. The van der Waals surface area contributed by atoms with Crippen LogP contribution in [0.25, 0.3) is 0 Å². The van der Waals surface area contributed by atoms with E-state index in [9.17, 15) is 10.2 Å². The average Bonchev–Trinajstić information content (AvgIpc) is 2.37. The van der Waals surface area contributed by atoms with Crippen LogP contribution < -0.4 is 5.32 Å². The smallest absolute Gasteiger partial charge is 0.192 e. The molecule has 5 nitrogen and oxygen atoms in total. The molecule has 0 spiro atoms. The van der Waals surface area contributed by atoms with Gasteiger partial charge in [0, 0.05) is 18.9 Å². The van der Waals surface area contributed by atoms with Crippen molar-refractivity contribution >= 4 is 8.32 Å². The lowest BCUT2D eigenvalue weighted by molar-refractivity contribution is -0.157. The van der Waals surface area contributed by atoms with E-state index in [0.29, 0.717) is 19.6 Å². The Bertz CT molecular complexity index is 319. The van der Waals surface area contributed by atoms with Crippen molar-refractivity contribution in [3.8, 4) is 0 Å². The number of nitrogens with one attached hydrogen (secondary N) is 1. The maximum atomic E-state index is 10.3. The van der Waals surface area contributed by atoms with E-state index in [1.807, 2.05) is 7.05 Å². The van der Waals surface area contributed by atoms with Crippen molar-refractivity contribution in [3.05, 3.63) is 0 Å². The van der Waals surface area contributed by atoms with Crippen LogP contribution in [0.4, 0.5) is 0 Å². The Labute approximate surface area is 130 Å². The number of hydrogen-bond donors (Lipinski definition) is 3. The van der Waals surface area contributed by atoms with E-state index in [2.05, 4.69) is 39.2 Å². The van der Waals surface area contributed by atoms with Gasteiger partial charge >= 0.3 is 0 Å². The maximum Gasteiger partial charge on any atom is 0.192 e. The minimum atomic E-state index is -1.81. The van der Waals surface area contributed by atoms with Gasteiger partial charge in [-0.25, -0.2) is 0 Å². The molecule has 126 valence electrons. The highest BCUT2D eigenvalue weighted by molar-refractivity contribution is 6.74. The monoisotopic (exact) mass is 319 g/mol. The normalized spacial score (nSPS) is 31.4. The van der Waals surface area contributed by atoms with Gasteiger partial charge in [0.05, 0.1) is 31.5 Å². The van der Waals surface area contributed by atoms with Crippen LogP contribution in [0.5, 0.6) is 0 Å². The van der Waals surface area contributed by atoms with Gasteiger partial charge in [0.2, 0.25) is 0 Å². The molecule has 0 aromatic rings. The Morgan fingerprint density at radius 2 is 1.95 bits per heavy atom. The molecule has 0 aromatic carbocycles. The summed E-state index contributed by atoms with van der Waals surface area (Å²) in [5, 5.41) is 23.0. The standard InChI is InChI=1S/C15H33NO4Si/c1-15(2,3)21(5,6)19-10-11-7-13(18)12(8-16-4)14(9-17)20-11/h11-14,16-18H,7-10H2,1-6H3/t11-,12?,13+,14-/m0/s1. The predicted octanol–water partition coefficient (Wildman–Crippen LogP) is 1.35. The summed E-state index contributed by atoms with van der Waals surface area (Å²) in [6.45, 7) is 12.1. The first-order valence-electron chi connectivity index (χ1n) is 7.85. The fourth-order valence-corrected chi connectivity index (χ4v) is 3.44. The zero-order chi connectivity index (χ0) is 16.3. The van der Waals surface area contributed by atoms with Gasteiger partial charge in [-0.1, -0.05) is 20.8 Å². The van der Waals surface area contributed by atoms with Crippen molar-refractivity contribution in [3.63, 3.8) is 0 Å². The first-order valence-corrected chi connectivity index (χ1v) is 10.8. The zero-order valence-electron chi connectivity index (χ0n) is 14.3. The van der Waals surface area contributed by atoms with Gasteiger partial charge < -0.3 is 24.7 Å². The van der Waals surface area contributed by atoms with E-state index in [4.69, 9.17) is 9.16 Å². The third kappa shape index (κ3) is 5.01. The second-order valence-electron chi connectivity index (χ2n) is 7.58. The molecule has 21 heavy (non-hydrogen) atoms. The Kier molecular flexibility index (Phi) is 6.83. The predicted molar refractivity (Wildman–Crippen MR) is 86.9 cm³/mol. The largest absolute Gasteiger partial charge is 0.414 e. The topological polar surface area (TPSA) is 71.0 Å². The lowest BCUT2D eigenvalue weighted by Crippen LogP contribution is -2.52. The van der Waals surface area contributed by atoms with E-state index in [0.717, 1.165) is 0 Å². The highest BCUT2D eigenvalue weighted by Crippen LogP contribution is 2.37. The summed E-state index contributed by atoms with van der Waals surface area (Å²) in [5.74, 6) is -0.0656. The number of rotatable bonds is 6. The summed E-state index contributed by atoms with van der Waals surface area (Å²) in [6.07, 6.45) is -0.359. The number of ether oxygens (including phenoxy) is 1. The fourth-order valence-electron chi connectivity index (χ4n) is 2.40. The van der Waals surface area contributed by atoms with Crippen molar-refractivity contribution in [2.45, 2.75) is 63.6 Å². The molecule has 1 aliphatic heterocycles. The molecule has 1 unspecified atom stereocenters. The molecule has 0 saturated carbocycles. The molecule has 3 N–H and O–H groups in total. The molecule has 6 heteroatoms. The second-order valence-corrected chi connectivity index (χ2v) is 12.4. The van der Waals surface area contributed by atoms with E-state index in [1.54, 1.807) is 0 Å². The molecule has 1 rings (SSSR count). The molecule has 0 aliphatic carbocycles. The van der Waals surface area contributed by atoms with Crippen molar-refractivity contribution < 1.29 is 19.4 Å². The molecular formula is C15H33NO4Si. The molecule has 0 amide bonds. The molecule has 1 aliphatic rings. The van der Waals surface area contributed by atoms with Gasteiger partial charge in [-0.15, -0.1) is 0 Å². The van der Waals surface area contributed by atoms with Crippen LogP contribution >= 0.6 is 0 Å². The third-order valence-corrected chi connectivity index (χ3v) is 9.40. The van der Waals surface area contributed by atoms with Gasteiger partial charge in [0.1, 0.15) is 0 Å². The van der Waals surface area contributed by atoms with E-state index in [-0.39, 0.29) is 29.8 Å². The lowest BCUT2D eigenvalue weighted by Gasteiger charge is -2.42. The first-order chi connectivity index (χ1) is 9.62. The quantitative estimate of drug-likeness (QED) is 0.645. The van der Waals surface area contributed by atoms with Gasteiger partial charge in [-0.2, -0.15) is 0 Å². The molecule has 1 fully saturated rings.